The summed E-state index contributed by atoms with van der Waals surface area (Å²) in [5.74, 6) is -0.0107. The van der Waals surface area contributed by atoms with Gasteiger partial charge in [-0.2, -0.15) is 0 Å². The van der Waals surface area contributed by atoms with Gasteiger partial charge in [-0.1, -0.05) is 45.0 Å². The van der Waals surface area contributed by atoms with Gasteiger partial charge in [0.05, 0.1) is 0 Å². The van der Waals surface area contributed by atoms with Crippen molar-refractivity contribution in [2.45, 2.75) is 58.5 Å². The lowest BCUT2D eigenvalue weighted by atomic mass is 9.86. The average molecular weight is 276 g/mol. The molecule has 1 unspecified atom stereocenters. The summed E-state index contributed by atoms with van der Waals surface area (Å²) in [6.45, 7) is 12.7. The predicted octanol–water partition coefficient (Wildman–Crippen LogP) is 3.16. The van der Waals surface area contributed by atoms with Crippen LogP contribution in [-0.4, -0.2) is 18.5 Å². The van der Waals surface area contributed by atoms with Crippen molar-refractivity contribution in [3.63, 3.8) is 0 Å². The minimum atomic E-state index is -0.325. The van der Waals surface area contributed by atoms with E-state index in [1.165, 1.54) is 5.56 Å². The Morgan fingerprint density at radius 1 is 1.00 bits per heavy atom. The average Bonchev–Trinajstić information content (AvgIpc) is 2.33. The molecule has 0 aliphatic heterocycles. The molecule has 0 aliphatic carbocycles. The number of benzene rings is 1. The van der Waals surface area contributed by atoms with Crippen LogP contribution in [0.15, 0.2) is 24.3 Å². The highest BCUT2D eigenvalue weighted by Crippen LogP contribution is 2.24. The molecule has 3 nitrogen and oxygen atoms in total. The maximum Gasteiger partial charge on any atom is 0.241 e. The summed E-state index contributed by atoms with van der Waals surface area (Å²) in [4.78, 5) is 12.1. The van der Waals surface area contributed by atoms with Crippen molar-refractivity contribution in [3.05, 3.63) is 35.4 Å². The number of hydrogen-bond acceptors (Lipinski definition) is 2. The van der Waals surface area contributed by atoms with Crippen LogP contribution in [0.5, 0.6) is 0 Å². The molecule has 0 saturated carbocycles. The van der Waals surface area contributed by atoms with Crippen molar-refractivity contribution in [1.29, 1.82) is 0 Å². The molecule has 0 radical (unpaired) electrons. The molecule has 20 heavy (non-hydrogen) atoms. The number of amides is 1. The van der Waals surface area contributed by atoms with E-state index in [0.717, 1.165) is 5.56 Å². The quantitative estimate of drug-likeness (QED) is 0.890. The van der Waals surface area contributed by atoms with Crippen molar-refractivity contribution in [3.8, 4) is 0 Å². The third-order valence-electron chi connectivity index (χ3n) is 3.20. The van der Waals surface area contributed by atoms with Gasteiger partial charge < -0.3 is 5.32 Å². The van der Waals surface area contributed by atoms with E-state index in [0.29, 0.717) is 0 Å². The summed E-state index contributed by atoms with van der Waals surface area (Å²) in [5, 5.41) is 6.10. The van der Waals surface area contributed by atoms with Gasteiger partial charge in [0, 0.05) is 12.6 Å². The Morgan fingerprint density at radius 3 is 1.85 bits per heavy atom. The second kappa shape index (κ2) is 5.96. The number of rotatable bonds is 3. The van der Waals surface area contributed by atoms with Gasteiger partial charge in [0.15, 0.2) is 0 Å². The molecule has 0 heterocycles. The Hall–Kier alpha value is -1.35. The minimum absolute atomic E-state index is 0.0107. The molecule has 0 spiro atoms. The summed E-state index contributed by atoms with van der Waals surface area (Å²) in [6, 6.07) is 7.97. The lowest BCUT2D eigenvalue weighted by Crippen LogP contribution is -2.45. The van der Waals surface area contributed by atoms with E-state index in [-0.39, 0.29) is 22.9 Å². The predicted molar refractivity (Wildman–Crippen MR) is 84.8 cm³/mol. The van der Waals surface area contributed by atoms with Gasteiger partial charge in [0.25, 0.3) is 0 Å². The van der Waals surface area contributed by atoms with Crippen LogP contribution in [0.1, 0.15) is 58.7 Å². The first-order chi connectivity index (χ1) is 9.04. The molecule has 112 valence electrons. The molecule has 1 amide bonds. The first-order valence-corrected chi connectivity index (χ1v) is 7.14. The second-order valence-corrected chi connectivity index (χ2v) is 7.31. The summed E-state index contributed by atoms with van der Waals surface area (Å²) >= 11 is 0. The molecule has 1 aromatic carbocycles. The van der Waals surface area contributed by atoms with Crippen LogP contribution >= 0.6 is 0 Å². The van der Waals surface area contributed by atoms with E-state index in [2.05, 4.69) is 64.3 Å². The number of carbonyl (C=O) groups is 1. The Balaban J connectivity index is 3.06. The maximum atomic E-state index is 12.1. The van der Waals surface area contributed by atoms with Crippen LogP contribution in [0.2, 0.25) is 0 Å². The summed E-state index contributed by atoms with van der Waals surface area (Å²) in [6.07, 6.45) is 0. The van der Waals surface area contributed by atoms with Crippen molar-refractivity contribution in [2.24, 2.45) is 0 Å². The molecule has 1 atom stereocenters. The summed E-state index contributed by atoms with van der Waals surface area (Å²) in [5.41, 5.74) is 2.26. The molecule has 0 fully saturated rings. The lowest BCUT2D eigenvalue weighted by Gasteiger charge is -2.28. The molecule has 0 bridgehead atoms. The molecule has 0 aromatic heterocycles. The Kier molecular flexibility index (Phi) is 4.98. The molecule has 3 heteroatoms. The zero-order valence-corrected chi connectivity index (χ0v) is 13.8. The zero-order chi connectivity index (χ0) is 15.6. The van der Waals surface area contributed by atoms with E-state index < -0.39 is 0 Å². The summed E-state index contributed by atoms with van der Waals surface area (Å²) in [7, 11) is 1.67. The van der Waals surface area contributed by atoms with E-state index in [1.807, 2.05) is 12.1 Å². The van der Waals surface area contributed by atoms with E-state index in [1.54, 1.807) is 7.05 Å². The highest BCUT2D eigenvalue weighted by molar-refractivity contribution is 5.83. The number of hydrogen-bond donors (Lipinski definition) is 2. The molecule has 0 saturated heterocycles. The fraction of sp³-hybridized carbons (Fsp3) is 0.588. The molecule has 2 N–H and O–H groups in total. The summed E-state index contributed by atoms with van der Waals surface area (Å²) < 4.78 is 0. The van der Waals surface area contributed by atoms with Crippen LogP contribution in [0.25, 0.3) is 0 Å². The molecular weight excluding hydrogens is 248 g/mol. The molecule has 0 aliphatic rings. The molecule has 1 aromatic rings. The van der Waals surface area contributed by atoms with Crippen molar-refractivity contribution in [2.75, 3.05) is 7.05 Å². The Morgan fingerprint density at radius 2 is 1.50 bits per heavy atom. The van der Waals surface area contributed by atoms with E-state index in [9.17, 15) is 4.79 Å². The second-order valence-electron chi connectivity index (χ2n) is 7.31. The standard InChI is InChI=1S/C17H28N2O/c1-16(2,3)13-10-8-12(9-11-13)14(15(20)18-7)19-17(4,5)6/h8-11,14,19H,1-7H3,(H,18,20). The van der Waals surface area contributed by atoms with Crippen molar-refractivity contribution >= 4 is 5.91 Å². The number of nitrogens with one attached hydrogen (secondary N) is 2. The van der Waals surface area contributed by atoms with Gasteiger partial charge in [0.2, 0.25) is 5.91 Å². The lowest BCUT2D eigenvalue weighted by molar-refractivity contribution is -0.123. The zero-order valence-electron chi connectivity index (χ0n) is 13.8. The van der Waals surface area contributed by atoms with Gasteiger partial charge in [-0.05, 0) is 37.3 Å². The van der Waals surface area contributed by atoms with E-state index in [4.69, 9.17) is 0 Å². The molecule has 1 rings (SSSR count). The van der Waals surface area contributed by atoms with Crippen molar-refractivity contribution in [1.82, 2.24) is 10.6 Å². The SMILES string of the molecule is CNC(=O)C(NC(C)(C)C)c1ccc(C(C)(C)C)cc1. The van der Waals surface area contributed by atoms with Gasteiger partial charge in [-0.25, -0.2) is 0 Å². The topological polar surface area (TPSA) is 41.1 Å². The van der Waals surface area contributed by atoms with Crippen LogP contribution < -0.4 is 10.6 Å². The minimum Gasteiger partial charge on any atom is -0.358 e. The van der Waals surface area contributed by atoms with Gasteiger partial charge >= 0.3 is 0 Å². The highest BCUT2D eigenvalue weighted by atomic mass is 16.2. The van der Waals surface area contributed by atoms with Crippen LogP contribution in [0, 0.1) is 0 Å². The van der Waals surface area contributed by atoms with Crippen molar-refractivity contribution < 1.29 is 4.79 Å². The fourth-order valence-corrected chi connectivity index (χ4v) is 2.05. The first kappa shape index (κ1) is 16.7. The highest BCUT2D eigenvalue weighted by Gasteiger charge is 2.25. The van der Waals surface area contributed by atoms with Gasteiger partial charge in [0.1, 0.15) is 6.04 Å². The monoisotopic (exact) mass is 276 g/mol. The first-order valence-electron chi connectivity index (χ1n) is 7.14. The normalized spacial score (nSPS) is 13.9. The number of carbonyl (C=O) groups excluding carboxylic acids is 1. The number of likely N-dealkylation sites (N-methyl/N-ethyl adjacent to an activating group) is 1. The maximum absolute atomic E-state index is 12.1. The van der Waals surface area contributed by atoms with E-state index >= 15 is 0 Å². The molecular formula is C17H28N2O. The van der Waals surface area contributed by atoms with Crippen LogP contribution in [0.3, 0.4) is 0 Å². The van der Waals surface area contributed by atoms with Gasteiger partial charge in [-0.15, -0.1) is 0 Å². The third kappa shape index (κ3) is 4.64. The Labute approximate surface area is 123 Å². The Bertz CT molecular complexity index is 449. The van der Waals surface area contributed by atoms with Gasteiger partial charge in [-0.3, -0.25) is 10.1 Å². The van der Waals surface area contributed by atoms with Crippen LogP contribution in [-0.2, 0) is 10.2 Å². The van der Waals surface area contributed by atoms with Crippen LogP contribution in [0.4, 0.5) is 0 Å². The third-order valence-corrected chi connectivity index (χ3v) is 3.20. The largest absolute Gasteiger partial charge is 0.358 e. The smallest absolute Gasteiger partial charge is 0.241 e. The fourth-order valence-electron chi connectivity index (χ4n) is 2.05.